The van der Waals surface area contributed by atoms with Crippen LogP contribution < -0.4 is 0 Å². The molecule has 0 aliphatic heterocycles. The van der Waals surface area contributed by atoms with E-state index in [1.807, 2.05) is 24.5 Å². The Morgan fingerprint density at radius 3 is 2.90 bits per heavy atom. The first-order valence-electron chi connectivity index (χ1n) is 6.17. The number of benzene rings is 2. The molecule has 21 heavy (non-hydrogen) atoms. The quantitative estimate of drug-likeness (QED) is 0.432. The molecule has 0 bridgehead atoms. The molecule has 0 aliphatic rings. The van der Waals surface area contributed by atoms with Gasteiger partial charge in [-0.25, -0.2) is 4.98 Å². The molecule has 3 aromatic rings. The number of hydrogen-bond donors (Lipinski definition) is 2. The molecule has 0 aliphatic carbocycles. The molecule has 6 heteroatoms. The Balaban J connectivity index is 1.93. The lowest BCUT2D eigenvalue weighted by molar-refractivity contribution is 0.403. The van der Waals surface area contributed by atoms with Gasteiger partial charge in [-0.3, -0.25) is 4.99 Å². The molecule has 0 saturated carbocycles. The van der Waals surface area contributed by atoms with Crippen molar-refractivity contribution in [1.82, 2.24) is 4.98 Å². The second-order valence-electron chi connectivity index (χ2n) is 4.31. The van der Waals surface area contributed by atoms with Crippen LogP contribution in [0.1, 0.15) is 5.56 Å². The lowest BCUT2D eigenvalue weighted by Gasteiger charge is -2.00. The minimum absolute atomic E-state index is 0.151. The summed E-state index contributed by atoms with van der Waals surface area (Å²) in [4.78, 5) is 8.81. The molecule has 0 unspecified atom stereocenters. The number of fused-ring (bicyclic) bond motifs is 1. The third-order valence-electron chi connectivity index (χ3n) is 2.93. The highest BCUT2D eigenvalue weighted by molar-refractivity contribution is 8.00. The maximum absolute atomic E-state index is 9.73. The maximum Gasteiger partial charge on any atom is 0.166 e. The minimum atomic E-state index is -0.162. The van der Waals surface area contributed by atoms with E-state index in [-0.39, 0.29) is 11.5 Å². The number of para-hydroxylation sites is 1. The number of nitrogens with zero attached hydrogens (tertiary/aromatic N) is 2. The van der Waals surface area contributed by atoms with Gasteiger partial charge >= 0.3 is 0 Å². The summed E-state index contributed by atoms with van der Waals surface area (Å²) in [6.07, 6.45) is 3.54. The Labute approximate surface area is 129 Å². The molecule has 2 N–H and O–H groups in total. The van der Waals surface area contributed by atoms with Gasteiger partial charge in [0.15, 0.2) is 15.8 Å². The van der Waals surface area contributed by atoms with Crippen molar-refractivity contribution >= 4 is 45.2 Å². The van der Waals surface area contributed by atoms with Crippen LogP contribution in [0, 0.1) is 0 Å². The van der Waals surface area contributed by atoms with Crippen LogP contribution in [-0.2, 0) is 0 Å². The first-order chi connectivity index (χ1) is 10.2. The highest BCUT2D eigenvalue weighted by Gasteiger charge is 2.05. The summed E-state index contributed by atoms with van der Waals surface area (Å²) in [5.41, 5.74) is 2.22. The number of phenolic OH excluding ortho intramolecular Hbond substituents is 2. The predicted molar refractivity (Wildman–Crippen MR) is 88.4 cm³/mol. The zero-order valence-electron chi connectivity index (χ0n) is 11.1. The van der Waals surface area contributed by atoms with E-state index in [4.69, 9.17) is 0 Å². The Bertz CT molecular complexity index is 828. The predicted octanol–water partition coefficient (Wildman–Crippen LogP) is 4.18. The van der Waals surface area contributed by atoms with E-state index < -0.39 is 0 Å². The number of hydrogen-bond acceptors (Lipinski definition) is 6. The van der Waals surface area contributed by atoms with Gasteiger partial charge in [0.25, 0.3) is 0 Å². The molecule has 0 saturated heterocycles. The Morgan fingerprint density at radius 1 is 1.24 bits per heavy atom. The number of thiazole rings is 1. The molecular weight excluding hydrogens is 304 g/mol. The van der Waals surface area contributed by atoms with Crippen LogP contribution in [0.25, 0.3) is 10.2 Å². The topological polar surface area (TPSA) is 65.7 Å². The fourth-order valence-electron chi connectivity index (χ4n) is 1.86. The van der Waals surface area contributed by atoms with Gasteiger partial charge in [-0.1, -0.05) is 17.8 Å². The number of aromatic nitrogens is 1. The van der Waals surface area contributed by atoms with Gasteiger partial charge in [-0.05, 0) is 36.6 Å². The van der Waals surface area contributed by atoms with E-state index >= 15 is 0 Å². The highest BCUT2D eigenvalue weighted by atomic mass is 32.2. The summed E-state index contributed by atoms with van der Waals surface area (Å²) < 4.78 is 2.10. The van der Waals surface area contributed by atoms with Crippen molar-refractivity contribution in [3.8, 4) is 11.5 Å². The molecule has 4 nitrogen and oxygen atoms in total. The second-order valence-corrected chi connectivity index (χ2v) is 6.39. The normalized spacial score (nSPS) is 11.5. The molecule has 3 rings (SSSR count). The van der Waals surface area contributed by atoms with Crippen molar-refractivity contribution in [3.63, 3.8) is 0 Å². The van der Waals surface area contributed by atoms with Crippen molar-refractivity contribution in [2.24, 2.45) is 4.99 Å². The highest BCUT2D eigenvalue weighted by Crippen LogP contribution is 2.31. The standard InChI is InChI=1S/C15H12N2O2S2/c1-20-15-17-11-6-5-10(7-13(11)21-15)16-8-9-3-2-4-12(18)14(9)19/h2-8,18-19H,1H3. The second kappa shape index (κ2) is 5.75. The Kier molecular flexibility index (Phi) is 3.81. The third kappa shape index (κ3) is 2.86. The van der Waals surface area contributed by atoms with Gasteiger partial charge in [-0.15, -0.1) is 11.3 Å². The zero-order chi connectivity index (χ0) is 14.8. The van der Waals surface area contributed by atoms with Gasteiger partial charge in [-0.2, -0.15) is 0 Å². The van der Waals surface area contributed by atoms with Crippen LogP contribution in [-0.4, -0.2) is 27.7 Å². The summed E-state index contributed by atoms with van der Waals surface area (Å²) in [6, 6.07) is 10.6. The zero-order valence-corrected chi connectivity index (χ0v) is 12.8. The summed E-state index contributed by atoms with van der Waals surface area (Å²) in [5, 5.41) is 19.2. The van der Waals surface area contributed by atoms with E-state index in [1.165, 1.54) is 12.3 Å². The van der Waals surface area contributed by atoms with E-state index in [1.54, 1.807) is 35.2 Å². The average molecular weight is 316 g/mol. The smallest absolute Gasteiger partial charge is 0.166 e. The molecule has 0 amide bonds. The molecule has 0 radical (unpaired) electrons. The van der Waals surface area contributed by atoms with Gasteiger partial charge in [0.05, 0.1) is 15.9 Å². The molecular formula is C15H12N2O2S2. The van der Waals surface area contributed by atoms with Gasteiger partial charge in [0.1, 0.15) is 0 Å². The first kappa shape index (κ1) is 13.9. The molecule has 1 heterocycles. The van der Waals surface area contributed by atoms with Crippen LogP contribution in [0.3, 0.4) is 0 Å². The number of aliphatic imine (C=N–C) groups is 1. The fraction of sp³-hybridized carbons (Fsp3) is 0.0667. The molecule has 0 spiro atoms. The number of aromatic hydroxyl groups is 2. The largest absolute Gasteiger partial charge is 0.504 e. The average Bonchev–Trinajstić information content (AvgIpc) is 2.91. The lowest BCUT2D eigenvalue weighted by Crippen LogP contribution is -1.82. The van der Waals surface area contributed by atoms with E-state index in [0.29, 0.717) is 5.56 Å². The molecule has 0 atom stereocenters. The summed E-state index contributed by atoms with van der Waals surface area (Å²) in [5.74, 6) is -0.314. The van der Waals surface area contributed by atoms with Crippen LogP contribution in [0.5, 0.6) is 11.5 Å². The number of rotatable bonds is 3. The monoisotopic (exact) mass is 316 g/mol. The maximum atomic E-state index is 9.73. The van der Waals surface area contributed by atoms with Crippen LogP contribution >= 0.6 is 23.1 Å². The SMILES string of the molecule is CSc1nc2ccc(N=Cc3cccc(O)c3O)cc2s1. The number of thioether (sulfide) groups is 1. The Hall–Kier alpha value is -2.05. The van der Waals surface area contributed by atoms with Crippen LogP contribution in [0.2, 0.25) is 0 Å². The third-order valence-corrected chi connectivity index (χ3v) is 4.93. The Morgan fingerprint density at radius 2 is 2.10 bits per heavy atom. The molecule has 2 aromatic carbocycles. The van der Waals surface area contributed by atoms with Gasteiger partial charge in [0, 0.05) is 11.8 Å². The molecule has 0 fully saturated rings. The van der Waals surface area contributed by atoms with Crippen molar-refractivity contribution < 1.29 is 10.2 Å². The van der Waals surface area contributed by atoms with Crippen LogP contribution in [0.15, 0.2) is 45.7 Å². The van der Waals surface area contributed by atoms with Gasteiger partial charge in [0.2, 0.25) is 0 Å². The van der Waals surface area contributed by atoms with Crippen LogP contribution in [0.4, 0.5) is 5.69 Å². The van der Waals surface area contributed by atoms with Crippen molar-refractivity contribution in [2.45, 2.75) is 4.34 Å². The lowest BCUT2D eigenvalue weighted by atomic mass is 10.2. The van der Waals surface area contributed by atoms with E-state index in [0.717, 1.165) is 20.2 Å². The molecule has 106 valence electrons. The summed E-state index contributed by atoms with van der Waals surface area (Å²) in [6.45, 7) is 0. The van der Waals surface area contributed by atoms with E-state index in [9.17, 15) is 10.2 Å². The molecule has 1 aromatic heterocycles. The van der Waals surface area contributed by atoms with Crippen molar-refractivity contribution in [2.75, 3.05) is 6.26 Å². The first-order valence-corrected chi connectivity index (χ1v) is 8.21. The number of phenols is 2. The summed E-state index contributed by atoms with van der Waals surface area (Å²) >= 11 is 3.25. The minimum Gasteiger partial charge on any atom is -0.504 e. The summed E-state index contributed by atoms with van der Waals surface area (Å²) in [7, 11) is 0. The van der Waals surface area contributed by atoms with Crippen molar-refractivity contribution in [3.05, 3.63) is 42.0 Å². The van der Waals surface area contributed by atoms with Crippen molar-refractivity contribution in [1.29, 1.82) is 0 Å². The van der Waals surface area contributed by atoms with E-state index in [2.05, 4.69) is 9.98 Å². The van der Waals surface area contributed by atoms with Gasteiger partial charge < -0.3 is 10.2 Å². The fourth-order valence-corrected chi connectivity index (χ4v) is 3.38.